The highest BCUT2D eigenvalue weighted by molar-refractivity contribution is 5.42. The molecule has 0 aromatic carbocycles. The molecule has 14 heavy (non-hydrogen) atoms. The number of nitrogen functional groups attached to an aromatic ring is 1. The predicted molar refractivity (Wildman–Crippen MR) is 57.1 cm³/mol. The minimum absolute atomic E-state index is 0.594. The van der Waals surface area contributed by atoms with Crippen LogP contribution in [0.3, 0.4) is 0 Å². The van der Waals surface area contributed by atoms with Crippen LogP contribution in [0.5, 0.6) is 0 Å². The van der Waals surface area contributed by atoms with E-state index in [4.69, 9.17) is 10.5 Å². The number of hydrogen-bond donors (Lipinski definition) is 2. The Hall–Kier alpha value is -1.03. The monoisotopic (exact) mass is 197 g/mol. The molecule has 3 N–H and O–H groups in total. The first-order valence-electron chi connectivity index (χ1n) is 4.95. The molecule has 1 rings (SSSR count). The van der Waals surface area contributed by atoms with Crippen LogP contribution in [0.2, 0.25) is 0 Å². The van der Waals surface area contributed by atoms with Crippen LogP contribution in [0.25, 0.3) is 0 Å². The summed E-state index contributed by atoms with van der Waals surface area (Å²) >= 11 is 0. The van der Waals surface area contributed by atoms with E-state index in [1.54, 1.807) is 7.11 Å². The number of anilines is 1. The van der Waals surface area contributed by atoms with Gasteiger partial charge < -0.3 is 10.5 Å². The highest BCUT2D eigenvalue weighted by atomic mass is 16.5. The highest BCUT2D eigenvalue weighted by Crippen LogP contribution is 2.18. The molecule has 0 atom stereocenters. The lowest BCUT2D eigenvalue weighted by Gasteiger charge is -2.06. The van der Waals surface area contributed by atoms with Gasteiger partial charge in [-0.05, 0) is 12.3 Å². The third kappa shape index (κ3) is 2.73. The Morgan fingerprint density at radius 2 is 2.21 bits per heavy atom. The van der Waals surface area contributed by atoms with E-state index in [1.165, 1.54) is 0 Å². The minimum Gasteiger partial charge on any atom is -0.384 e. The van der Waals surface area contributed by atoms with E-state index in [9.17, 15) is 0 Å². The predicted octanol–water partition coefficient (Wildman–Crippen LogP) is 1.38. The van der Waals surface area contributed by atoms with Crippen LogP contribution < -0.4 is 5.73 Å². The normalized spacial score (nSPS) is 11.1. The summed E-state index contributed by atoms with van der Waals surface area (Å²) in [7, 11) is 1.70. The summed E-state index contributed by atoms with van der Waals surface area (Å²) in [6.45, 7) is 5.05. The van der Waals surface area contributed by atoms with E-state index in [1.807, 2.05) is 0 Å². The Labute approximate surface area is 84.8 Å². The van der Waals surface area contributed by atoms with Gasteiger partial charge in [0.25, 0.3) is 0 Å². The van der Waals surface area contributed by atoms with E-state index in [-0.39, 0.29) is 0 Å². The topological polar surface area (TPSA) is 63.9 Å². The second-order valence-electron chi connectivity index (χ2n) is 3.91. The molecule has 0 bridgehead atoms. The van der Waals surface area contributed by atoms with Crippen molar-refractivity contribution in [2.45, 2.75) is 26.7 Å². The molecule has 0 unspecified atom stereocenters. The van der Waals surface area contributed by atoms with Crippen molar-refractivity contribution < 1.29 is 4.74 Å². The molecule has 1 heterocycles. The Bertz CT molecular complexity index is 281. The molecule has 4 nitrogen and oxygen atoms in total. The van der Waals surface area contributed by atoms with Gasteiger partial charge in [-0.2, -0.15) is 5.10 Å². The van der Waals surface area contributed by atoms with Crippen molar-refractivity contribution in [3.63, 3.8) is 0 Å². The second kappa shape index (κ2) is 5.00. The van der Waals surface area contributed by atoms with Crippen LogP contribution in [0.15, 0.2) is 0 Å². The SMILES string of the molecule is COCCc1[nH]nc(N)c1CC(C)C. The van der Waals surface area contributed by atoms with Gasteiger partial charge in [-0.25, -0.2) is 0 Å². The number of methoxy groups -OCH3 is 1. The summed E-state index contributed by atoms with van der Waals surface area (Å²) in [5, 5.41) is 6.98. The molecule has 0 saturated carbocycles. The van der Waals surface area contributed by atoms with Gasteiger partial charge >= 0.3 is 0 Å². The van der Waals surface area contributed by atoms with E-state index in [0.29, 0.717) is 18.3 Å². The van der Waals surface area contributed by atoms with Crippen LogP contribution in [0, 0.1) is 5.92 Å². The first kappa shape index (κ1) is 11.0. The lowest BCUT2D eigenvalue weighted by atomic mass is 10.0. The maximum Gasteiger partial charge on any atom is 0.148 e. The molecule has 80 valence electrons. The number of nitrogens with one attached hydrogen (secondary N) is 1. The van der Waals surface area contributed by atoms with Crippen LogP contribution in [-0.4, -0.2) is 23.9 Å². The number of nitrogens with two attached hydrogens (primary N) is 1. The molecule has 1 aromatic heterocycles. The van der Waals surface area contributed by atoms with E-state index >= 15 is 0 Å². The molecular weight excluding hydrogens is 178 g/mol. The van der Waals surface area contributed by atoms with Crippen LogP contribution in [0.4, 0.5) is 5.82 Å². The smallest absolute Gasteiger partial charge is 0.148 e. The van der Waals surface area contributed by atoms with Crippen molar-refractivity contribution in [2.75, 3.05) is 19.5 Å². The Kier molecular flexibility index (Phi) is 3.95. The molecule has 0 aliphatic carbocycles. The standard InChI is InChI=1S/C10H19N3O/c1-7(2)6-8-9(4-5-14-3)12-13-10(8)11/h7H,4-6H2,1-3H3,(H3,11,12,13). The van der Waals surface area contributed by atoms with Gasteiger partial charge in [-0.15, -0.1) is 0 Å². The zero-order valence-corrected chi connectivity index (χ0v) is 9.13. The average molecular weight is 197 g/mol. The van der Waals surface area contributed by atoms with Crippen molar-refractivity contribution >= 4 is 5.82 Å². The Morgan fingerprint density at radius 1 is 1.50 bits per heavy atom. The van der Waals surface area contributed by atoms with Gasteiger partial charge in [0.15, 0.2) is 0 Å². The average Bonchev–Trinajstić information content (AvgIpc) is 2.45. The Balaban J connectivity index is 2.72. The van der Waals surface area contributed by atoms with Gasteiger partial charge in [0.2, 0.25) is 0 Å². The largest absolute Gasteiger partial charge is 0.384 e. The third-order valence-corrected chi connectivity index (χ3v) is 2.15. The van der Waals surface area contributed by atoms with E-state index in [2.05, 4.69) is 24.0 Å². The maximum atomic E-state index is 5.78. The number of nitrogens with zero attached hydrogens (tertiary/aromatic N) is 1. The number of aromatic amines is 1. The maximum absolute atomic E-state index is 5.78. The number of hydrogen-bond acceptors (Lipinski definition) is 3. The number of H-pyrrole nitrogens is 1. The van der Waals surface area contributed by atoms with Gasteiger partial charge in [0, 0.05) is 24.8 Å². The van der Waals surface area contributed by atoms with Crippen molar-refractivity contribution in [3.8, 4) is 0 Å². The van der Waals surface area contributed by atoms with E-state index < -0.39 is 0 Å². The fourth-order valence-corrected chi connectivity index (χ4v) is 1.46. The molecule has 0 aliphatic heterocycles. The van der Waals surface area contributed by atoms with Crippen LogP contribution in [-0.2, 0) is 17.6 Å². The number of ether oxygens (including phenoxy) is 1. The summed E-state index contributed by atoms with van der Waals surface area (Å²) in [4.78, 5) is 0. The molecule has 0 radical (unpaired) electrons. The molecule has 0 amide bonds. The molecule has 0 spiro atoms. The zero-order valence-electron chi connectivity index (χ0n) is 9.13. The summed E-state index contributed by atoms with van der Waals surface area (Å²) < 4.78 is 5.03. The number of rotatable bonds is 5. The molecule has 0 fully saturated rings. The van der Waals surface area contributed by atoms with Crippen LogP contribution in [0.1, 0.15) is 25.1 Å². The van der Waals surface area contributed by atoms with Crippen molar-refractivity contribution in [1.82, 2.24) is 10.2 Å². The Morgan fingerprint density at radius 3 is 2.79 bits per heavy atom. The first-order valence-corrected chi connectivity index (χ1v) is 4.95. The molecule has 1 aromatic rings. The first-order chi connectivity index (χ1) is 6.65. The quantitative estimate of drug-likeness (QED) is 0.749. The van der Waals surface area contributed by atoms with E-state index in [0.717, 1.165) is 24.1 Å². The zero-order chi connectivity index (χ0) is 10.6. The molecule has 4 heteroatoms. The van der Waals surface area contributed by atoms with Gasteiger partial charge in [0.05, 0.1) is 6.61 Å². The summed E-state index contributed by atoms with van der Waals surface area (Å²) in [5.74, 6) is 1.22. The summed E-state index contributed by atoms with van der Waals surface area (Å²) in [6.07, 6.45) is 1.82. The van der Waals surface area contributed by atoms with Gasteiger partial charge in [-0.3, -0.25) is 5.10 Å². The molecule has 0 saturated heterocycles. The van der Waals surface area contributed by atoms with Gasteiger partial charge in [0.1, 0.15) is 5.82 Å². The third-order valence-electron chi connectivity index (χ3n) is 2.15. The minimum atomic E-state index is 0.594. The number of aromatic nitrogens is 2. The van der Waals surface area contributed by atoms with Crippen molar-refractivity contribution in [2.24, 2.45) is 5.92 Å². The van der Waals surface area contributed by atoms with Crippen molar-refractivity contribution in [1.29, 1.82) is 0 Å². The lowest BCUT2D eigenvalue weighted by Crippen LogP contribution is -2.03. The van der Waals surface area contributed by atoms with Gasteiger partial charge in [-0.1, -0.05) is 13.8 Å². The second-order valence-corrected chi connectivity index (χ2v) is 3.91. The van der Waals surface area contributed by atoms with Crippen molar-refractivity contribution in [3.05, 3.63) is 11.3 Å². The fourth-order valence-electron chi connectivity index (χ4n) is 1.46. The summed E-state index contributed by atoms with van der Waals surface area (Å²) in [6, 6.07) is 0. The van der Waals surface area contributed by atoms with Crippen LogP contribution >= 0.6 is 0 Å². The molecular formula is C10H19N3O. The summed E-state index contributed by atoms with van der Waals surface area (Å²) in [5.41, 5.74) is 8.04. The molecule has 0 aliphatic rings. The lowest BCUT2D eigenvalue weighted by molar-refractivity contribution is 0.201. The highest BCUT2D eigenvalue weighted by Gasteiger charge is 2.11. The fraction of sp³-hybridized carbons (Fsp3) is 0.700.